The van der Waals surface area contributed by atoms with E-state index in [1.54, 1.807) is 13.2 Å². The van der Waals surface area contributed by atoms with Gasteiger partial charge in [-0.1, -0.05) is 13.8 Å². The molecule has 14 heavy (non-hydrogen) atoms. The maximum Gasteiger partial charge on any atom is 0.225 e. The van der Waals surface area contributed by atoms with Crippen LogP contribution < -0.4 is 10.1 Å². The third-order valence-electron chi connectivity index (χ3n) is 1.70. The van der Waals surface area contributed by atoms with Crippen LogP contribution in [0.15, 0.2) is 6.20 Å². The molecule has 0 saturated heterocycles. The molecule has 0 aliphatic rings. The van der Waals surface area contributed by atoms with Gasteiger partial charge in [-0.2, -0.15) is 4.98 Å². The van der Waals surface area contributed by atoms with Crippen LogP contribution in [-0.2, 0) is 0 Å². The van der Waals surface area contributed by atoms with E-state index in [0.29, 0.717) is 24.4 Å². The Morgan fingerprint density at radius 3 is 2.79 bits per heavy atom. The summed E-state index contributed by atoms with van der Waals surface area (Å²) in [5, 5.41) is 2.88. The van der Waals surface area contributed by atoms with E-state index in [1.165, 1.54) is 0 Å². The molecular formula is C10H17N3O. The van der Waals surface area contributed by atoms with E-state index in [1.807, 2.05) is 6.92 Å². The summed E-state index contributed by atoms with van der Waals surface area (Å²) in [6, 6.07) is 0. The van der Waals surface area contributed by atoms with Crippen molar-refractivity contribution in [1.29, 1.82) is 0 Å². The van der Waals surface area contributed by atoms with Gasteiger partial charge in [-0.3, -0.25) is 0 Å². The fraction of sp³-hybridized carbons (Fsp3) is 0.600. The van der Waals surface area contributed by atoms with Crippen molar-refractivity contribution in [2.45, 2.75) is 20.8 Å². The molecule has 4 heteroatoms. The maximum atomic E-state index is 5.55. The molecular weight excluding hydrogens is 178 g/mol. The standard InChI is InChI=1S/C10H17N3O/c1-7(2)6-14-9-8(3)5-12-10(11-4)13-9/h5,7H,6H2,1-4H3,(H,11,12,13). The Labute approximate surface area is 84.7 Å². The number of hydrogen-bond donors (Lipinski definition) is 1. The second-order valence-corrected chi connectivity index (χ2v) is 3.64. The van der Waals surface area contributed by atoms with Crippen molar-refractivity contribution in [2.75, 3.05) is 19.0 Å². The fourth-order valence-electron chi connectivity index (χ4n) is 0.939. The van der Waals surface area contributed by atoms with Gasteiger partial charge in [0.1, 0.15) is 0 Å². The summed E-state index contributed by atoms with van der Waals surface area (Å²) in [7, 11) is 1.79. The minimum Gasteiger partial charge on any atom is -0.477 e. The van der Waals surface area contributed by atoms with E-state index in [-0.39, 0.29) is 0 Å². The molecule has 0 aliphatic carbocycles. The highest BCUT2D eigenvalue weighted by molar-refractivity contribution is 5.31. The maximum absolute atomic E-state index is 5.55. The largest absolute Gasteiger partial charge is 0.477 e. The van der Waals surface area contributed by atoms with E-state index >= 15 is 0 Å². The van der Waals surface area contributed by atoms with E-state index < -0.39 is 0 Å². The second-order valence-electron chi connectivity index (χ2n) is 3.64. The van der Waals surface area contributed by atoms with Gasteiger partial charge in [-0.15, -0.1) is 0 Å². The predicted octanol–water partition coefficient (Wildman–Crippen LogP) is 1.86. The average molecular weight is 195 g/mol. The number of nitrogens with one attached hydrogen (secondary N) is 1. The SMILES string of the molecule is CNc1ncc(C)c(OCC(C)C)n1. The zero-order valence-corrected chi connectivity index (χ0v) is 9.16. The number of nitrogens with zero attached hydrogens (tertiary/aromatic N) is 2. The van der Waals surface area contributed by atoms with Crippen molar-refractivity contribution >= 4 is 5.95 Å². The smallest absolute Gasteiger partial charge is 0.225 e. The van der Waals surface area contributed by atoms with Crippen LogP contribution in [0.25, 0.3) is 0 Å². The van der Waals surface area contributed by atoms with Gasteiger partial charge < -0.3 is 10.1 Å². The molecule has 0 atom stereocenters. The first-order valence-electron chi connectivity index (χ1n) is 4.77. The van der Waals surface area contributed by atoms with E-state index in [9.17, 15) is 0 Å². The van der Waals surface area contributed by atoms with Gasteiger partial charge in [0.05, 0.1) is 6.61 Å². The minimum atomic E-state index is 0.502. The van der Waals surface area contributed by atoms with Crippen molar-refractivity contribution in [3.8, 4) is 5.88 Å². The Morgan fingerprint density at radius 2 is 2.21 bits per heavy atom. The van der Waals surface area contributed by atoms with Crippen LogP contribution in [0.2, 0.25) is 0 Å². The molecule has 0 amide bonds. The summed E-state index contributed by atoms with van der Waals surface area (Å²) in [5.74, 6) is 1.76. The summed E-state index contributed by atoms with van der Waals surface area (Å²) < 4.78 is 5.55. The number of ether oxygens (including phenoxy) is 1. The van der Waals surface area contributed by atoms with E-state index in [0.717, 1.165) is 5.56 Å². The lowest BCUT2D eigenvalue weighted by Gasteiger charge is -2.10. The average Bonchev–Trinajstić information content (AvgIpc) is 2.16. The summed E-state index contributed by atoms with van der Waals surface area (Å²) in [6.07, 6.45) is 1.76. The molecule has 0 aliphatic heterocycles. The highest BCUT2D eigenvalue weighted by Crippen LogP contribution is 2.15. The quantitative estimate of drug-likeness (QED) is 0.796. The molecule has 1 N–H and O–H groups in total. The summed E-state index contributed by atoms with van der Waals surface area (Å²) in [5.41, 5.74) is 0.963. The van der Waals surface area contributed by atoms with Gasteiger partial charge in [0, 0.05) is 18.8 Å². The molecule has 0 fully saturated rings. The van der Waals surface area contributed by atoms with Crippen LogP contribution in [0.4, 0.5) is 5.95 Å². The van der Waals surface area contributed by atoms with Gasteiger partial charge >= 0.3 is 0 Å². The topological polar surface area (TPSA) is 47.0 Å². The number of aryl methyl sites for hydroxylation is 1. The van der Waals surface area contributed by atoms with Crippen molar-refractivity contribution in [3.05, 3.63) is 11.8 Å². The number of rotatable bonds is 4. The lowest BCUT2D eigenvalue weighted by molar-refractivity contribution is 0.259. The van der Waals surface area contributed by atoms with E-state index in [4.69, 9.17) is 4.74 Å². The molecule has 0 spiro atoms. The molecule has 0 unspecified atom stereocenters. The molecule has 1 heterocycles. The lowest BCUT2D eigenvalue weighted by atomic mass is 10.2. The summed E-state index contributed by atoms with van der Waals surface area (Å²) in [4.78, 5) is 8.30. The molecule has 0 aromatic carbocycles. The Bertz CT molecular complexity index is 299. The van der Waals surface area contributed by atoms with E-state index in [2.05, 4.69) is 29.1 Å². The fourth-order valence-corrected chi connectivity index (χ4v) is 0.939. The summed E-state index contributed by atoms with van der Waals surface area (Å²) >= 11 is 0. The Hall–Kier alpha value is -1.32. The van der Waals surface area contributed by atoms with Crippen molar-refractivity contribution in [1.82, 2.24) is 9.97 Å². The second kappa shape index (κ2) is 4.79. The molecule has 0 bridgehead atoms. The first-order chi connectivity index (χ1) is 6.63. The van der Waals surface area contributed by atoms with Crippen LogP contribution in [0.3, 0.4) is 0 Å². The van der Waals surface area contributed by atoms with Crippen LogP contribution in [0, 0.1) is 12.8 Å². The first-order valence-corrected chi connectivity index (χ1v) is 4.77. The highest BCUT2D eigenvalue weighted by atomic mass is 16.5. The van der Waals surface area contributed by atoms with Crippen molar-refractivity contribution in [2.24, 2.45) is 5.92 Å². The third-order valence-corrected chi connectivity index (χ3v) is 1.70. The molecule has 1 aromatic rings. The zero-order valence-electron chi connectivity index (χ0n) is 9.16. The minimum absolute atomic E-state index is 0.502. The first kappa shape index (κ1) is 10.8. The Kier molecular flexibility index (Phi) is 3.68. The van der Waals surface area contributed by atoms with Crippen LogP contribution in [0.1, 0.15) is 19.4 Å². The molecule has 1 rings (SSSR count). The monoisotopic (exact) mass is 195 g/mol. The van der Waals surface area contributed by atoms with Crippen LogP contribution in [0.5, 0.6) is 5.88 Å². The summed E-state index contributed by atoms with van der Waals surface area (Å²) in [6.45, 7) is 6.83. The van der Waals surface area contributed by atoms with Gasteiger partial charge in [0.2, 0.25) is 11.8 Å². The molecule has 4 nitrogen and oxygen atoms in total. The van der Waals surface area contributed by atoms with Gasteiger partial charge in [-0.05, 0) is 12.8 Å². The molecule has 0 saturated carbocycles. The third kappa shape index (κ3) is 2.87. The normalized spacial score (nSPS) is 10.4. The number of anilines is 1. The van der Waals surface area contributed by atoms with Gasteiger partial charge in [0.25, 0.3) is 0 Å². The van der Waals surface area contributed by atoms with Crippen LogP contribution in [-0.4, -0.2) is 23.6 Å². The molecule has 1 aromatic heterocycles. The van der Waals surface area contributed by atoms with Crippen LogP contribution >= 0.6 is 0 Å². The van der Waals surface area contributed by atoms with Gasteiger partial charge in [-0.25, -0.2) is 4.98 Å². The Morgan fingerprint density at radius 1 is 1.50 bits per heavy atom. The molecule has 78 valence electrons. The molecule has 0 radical (unpaired) electrons. The zero-order chi connectivity index (χ0) is 10.6. The highest BCUT2D eigenvalue weighted by Gasteiger charge is 2.04. The lowest BCUT2D eigenvalue weighted by Crippen LogP contribution is -2.08. The number of hydrogen-bond acceptors (Lipinski definition) is 4. The van der Waals surface area contributed by atoms with Crippen molar-refractivity contribution < 1.29 is 4.74 Å². The van der Waals surface area contributed by atoms with Gasteiger partial charge in [0.15, 0.2) is 0 Å². The number of aromatic nitrogens is 2. The predicted molar refractivity (Wildman–Crippen MR) is 56.6 cm³/mol. The van der Waals surface area contributed by atoms with Crippen molar-refractivity contribution in [3.63, 3.8) is 0 Å². The Balaban J connectivity index is 2.73.